The van der Waals surface area contributed by atoms with E-state index in [0.717, 1.165) is 4.88 Å². The number of para-hydroxylation sites is 1. The molecule has 1 unspecified atom stereocenters. The van der Waals surface area contributed by atoms with Crippen LogP contribution in [0, 0.1) is 5.82 Å². The summed E-state index contributed by atoms with van der Waals surface area (Å²) in [6.45, 7) is 0.0961. The highest BCUT2D eigenvalue weighted by molar-refractivity contribution is 7.09. The highest BCUT2D eigenvalue weighted by Gasteiger charge is 2.09. The van der Waals surface area contributed by atoms with Crippen molar-refractivity contribution in [1.82, 2.24) is 0 Å². The Morgan fingerprint density at radius 1 is 1.24 bits per heavy atom. The van der Waals surface area contributed by atoms with Gasteiger partial charge in [0, 0.05) is 11.3 Å². The van der Waals surface area contributed by atoms with Crippen molar-refractivity contribution in [2.24, 2.45) is 0 Å². The van der Waals surface area contributed by atoms with Crippen molar-refractivity contribution < 1.29 is 14.2 Å². The molecule has 0 amide bonds. The van der Waals surface area contributed by atoms with Crippen molar-refractivity contribution in [2.45, 2.75) is 12.5 Å². The van der Waals surface area contributed by atoms with Crippen LogP contribution in [0.5, 0.6) is 5.75 Å². The molecule has 1 N–H and O–H groups in total. The molecule has 90 valence electrons. The van der Waals surface area contributed by atoms with Gasteiger partial charge in [-0.15, -0.1) is 11.3 Å². The zero-order chi connectivity index (χ0) is 12.1. The minimum atomic E-state index is -0.617. The lowest BCUT2D eigenvalue weighted by molar-refractivity contribution is 0.106. The van der Waals surface area contributed by atoms with E-state index in [1.54, 1.807) is 29.5 Å². The third kappa shape index (κ3) is 3.54. The molecule has 1 atom stereocenters. The molecule has 0 aliphatic carbocycles. The van der Waals surface area contributed by atoms with Crippen molar-refractivity contribution in [1.29, 1.82) is 0 Å². The molecular weight excluding hydrogens is 239 g/mol. The van der Waals surface area contributed by atoms with E-state index >= 15 is 0 Å². The molecule has 4 heteroatoms. The summed E-state index contributed by atoms with van der Waals surface area (Å²) in [7, 11) is 0. The molecule has 1 aromatic carbocycles. The van der Waals surface area contributed by atoms with E-state index in [9.17, 15) is 9.50 Å². The van der Waals surface area contributed by atoms with E-state index in [1.807, 2.05) is 17.5 Å². The fourth-order valence-corrected chi connectivity index (χ4v) is 2.25. The van der Waals surface area contributed by atoms with Crippen LogP contribution >= 0.6 is 11.3 Å². The molecule has 0 aliphatic rings. The van der Waals surface area contributed by atoms with Crippen molar-refractivity contribution in [2.75, 3.05) is 6.61 Å². The van der Waals surface area contributed by atoms with Crippen LogP contribution in [0.4, 0.5) is 4.39 Å². The topological polar surface area (TPSA) is 29.5 Å². The zero-order valence-electron chi connectivity index (χ0n) is 9.17. The molecule has 0 radical (unpaired) electrons. The minimum Gasteiger partial charge on any atom is -0.488 e. The Labute approximate surface area is 103 Å². The highest BCUT2D eigenvalue weighted by Crippen LogP contribution is 2.16. The Morgan fingerprint density at radius 2 is 2.06 bits per heavy atom. The molecule has 2 rings (SSSR count). The lowest BCUT2D eigenvalue weighted by atomic mass is 10.2. The predicted molar refractivity (Wildman–Crippen MR) is 65.9 cm³/mol. The molecule has 1 aromatic heterocycles. The largest absolute Gasteiger partial charge is 0.488 e. The number of ether oxygens (including phenoxy) is 1. The standard InChI is InChI=1S/C13H13FO2S/c14-12-5-1-2-6-13(12)16-9-10(15)8-11-4-3-7-17-11/h1-7,10,15H,8-9H2. The number of aliphatic hydroxyl groups excluding tert-OH is 1. The van der Waals surface area contributed by atoms with Gasteiger partial charge in [-0.05, 0) is 23.6 Å². The molecule has 0 spiro atoms. The Hall–Kier alpha value is -1.39. The van der Waals surface area contributed by atoms with Gasteiger partial charge in [-0.3, -0.25) is 0 Å². The molecule has 0 saturated heterocycles. The number of benzene rings is 1. The van der Waals surface area contributed by atoms with Gasteiger partial charge in [0.25, 0.3) is 0 Å². The molecule has 17 heavy (non-hydrogen) atoms. The third-order valence-electron chi connectivity index (χ3n) is 2.28. The fourth-order valence-electron chi connectivity index (χ4n) is 1.47. The van der Waals surface area contributed by atoms with Crippen molar-refractivity contribution in [3.8, 4) is 5.75 Å². The van der Waals surface area contributed by atoms with E-state index in [1.165, 1.54) is 6.07 Å². The maximum absolute atomic E-state index is 13.2. The van der Waals surface area contributed by atoms with Gasteiger partial charge in [0.15, 0.2) is 11.6 Å². The lowest BCUT2D eigenvalue weighted by Crippen LogP contribution is -2.20. The number of hydrogen-bond donors (Lipinski definition) is 1. The van der Waals surface area contributed by atoms with Crippen LogP contribution in [0.15, 0.2) is 41.8 Å². The summed E-state index contributed by atoms with van der Waals surface area (Å²) in [5, 5.41) is 11.7. The van der Waals surface area contributed by atoms with Crippen LogP contribution in [0.25, 0.3) is 0 Å². The van der Waals surface area contributed by atoms with Gasteiger partial charge in [-0.2, -0.15) is 0 Å². The van der Waals surface area contributed by atoms with Gasteiger partial charge in [-0.25, -0.2) is 4.39 Å². The monoisotopic (exact) mass is 252 g/mol. The molecule has 0 aliphatic heterocycles. The molecule has 2 nitrogen and oxygen atoms in total. The number of aliphatic hydroxyl groups is 1. The van der Waals surface area contributed by atoms with E-state index in [-0.39, 0.29) is 12.4 Å². The second-order valence-electron chi connectivity index (χ2n) is 3.68. The van der Waals surface area contributed by atoms with E-state index in [0.29, 0.717) is 6.42 Å². The van der Waals surface area contributed by atoms with E-state index in [2.05, 4.69) is 0 Å². The summed E-state index contributed by atoms with van der Waals surface area (Å²) in [4.78, 5) is 1.09. The average molecular weight is 252 g/mol. The smallest absolute Gasteiger partial charge is 0.165 e. The van der Waals surface area contributed by atoms with E-state index in [4.69, 9.17) is 4.74 Å². The molecule has 0 fully saturated rings. The second kappa shape index (κ2) is 5.80. The number of halogens is 1. The predicted octanol–water partition coefficient (Wildman–Crippen LogP) is 2.87. The summed E-state index contributed by atoms with van der Waals surface area (Å²) in [6, 6.07) is 10.1. The summed E-state index contributed by atoms with van der Waals surface area (Å²) >= 11 is 1.59. The summed E-state index contributed by atoms with van der Waals surface area (Å²) in [5.41, 5.74) is 0. The first kappa shape index (κ1) is 12.1. The minimum absolute atomic E-state index is 0.0961. The van der Waals surface area contributed by atoms with Crippen LogP contribution in [-0.4, -0.2) is 17.8 Å². The van der Waals surface area contributed by atoms with Gasteiger partial charge in [0.2, 0.25) is 0 Å². The normalized spacial score (nSPS) is 12.4. The lowest BCUT2D eigenvalue weighted by Gasteiger charge is -2.11. The first-order valence-electron chi connectivity index (χ1n) is 5.33. The first-order chi connectivity index (χ1) is 8.25. The van der Waals surface area contributed by atoms with Gasteiger partial charge in [0.05, 0.1) is 6.10 Å². The van der Waals surface area contributed by atoms with Gasteiger partial charge < -0.3 is 9.84 Å². The molecular formula is C13H13FO2S. The van der Waals surface area contributed by atoms with Gasteiger partial charge in [-0.1, -0.05) is 18.2 Å². The van der Waals surface area contributed by atoms with Crippen molar-refractivity contribution >= 4 is 11.3 Å². The van der Waals surface area contributed by atoms with Crippen molar-refractivity contribution in [3.63, 3.8) is 0 Å². The molecule has 0 bridgehead atoms. The maximum Gasteiger partial charge on any atom is 0.165 e. The van der Waals surface area contributed by atoms with Crippen molar-refractivity contribution in [3.05, 3.63) is 52.5 Å². The second-order valence-corrected chi connectivity index (χ2v) is 4.71. The van der Waals surface area contributed by atoms with Gasteiger partial charge in [0.1, 0.15) is 6.61 Å². The fraction of sp³-hybridized carbons (Fsp3) is 0.231. The number of hydrogen-bond acceptors (Lipinski definition) is 3. The van der Waals surface area contributed by atoms with Crippen LogP contribution in [0.1, 0.15) is 4.88 Å². The Morgan fingerprint density at radius 3 is 2.76 bits per heavy atom. The SMILES string of the molecule is OC(COc1ccccc1F)Cc1cccs1. The van der Waals surface area contributed by atoms with Crippen LogP contribution < -0.4 is 4.74 Å². The average Bonchev–Trinajstić information content (AvgIpc) is 2.81. The third-order valence-corrected chi connectivity index (χ3v) is 3.18. The summed E-state index contributed by atoms with van der Waals surface area (Å²) < 4.78 is 18.4. The molecule has 0 saturated carbocycles. The first-order valence-corrected chi connectivity index (χ1v) is 6.21. The van der Waals surface area contributed by atoms with Crippen LogP contribution in [0.2, 0.25) is 0 Å². The highest BCUT2D eigenvalue weighted by atomic mass is 32.1. The summed E-state index contributed by atoms with van der Waals surface area (Å²) in [6.07, 6.45) is -0.0835. The molecule has 2 aromatic rings. The van der Waals surface area contributed by atoms with Crippen LogP contribution in [0.3, 0.4) is 0 Å². The Kier molecular flexibility index (Phi) is 4.12. The van der Waals surface area contributed by atoms with Crippen LogP contribution in [-0.2, 0) is 6.42 Å². The summed E-state index contributed by atoms with van der Waals surface area (Å²) in [5.74, 6) is -0.228. The zero-order valence-corrected chi connectivity index (χ0v) is 9.99. The quantitative estimate of drug-likeness (QED) is 0.886. The Balaban J connectivity index is 1.84. The van der Waals surface area contributed by atoms with Gasteiger partial charge >= 0.3 is 0 Å². The molecule has 1 heterocycles. The Bertz CT molecular complexity index is 456. The van der Waals surface area contributed by atoms with E-state index < -0.39 is 11.9 Å². The number of thiophene rings is 1. The maximum atomic E-state index is 13.2. The number of rotatable bonds is 5.